The van der Waals surface area contributed by atoms with E-state index >= 15 is 0 Å². The molecule has 29 heavy (non-hydrogen) atoms. The molecule has 2 amide bonds. The van der Waals surface area contributed by atoms with Gasteiger partial charge in [-0.2, -0.15) is 0 Å². The number of carbonyl (C=O) groups is 2. The minimum atomic E-state index is -0.292. The number of thiophene rings is 1. The molecule has 1 aliphatic rings. The molecule has 146 valence electrons. The van der Waals surface area contributed by atoms with E-state index in [4.69, 9.17) is 0 Å². The van der Waals surface area contributed by atoms with Crippen molar-refractivity contribution in [3.05, 3.63) is 92.8 Å². The van der Waals surface area contributed by atoms with Crippen molar-refractivity contribution in [1.29, 1.82) is 0 Å². The van der Waals surface area contributed by atoms with Gasteiger partial charge in [0.25, 0.3) is 11.8 Å². The van der Waals surface area contributed by atoms with E-state index in [1.165, 1.54) is 16.2 Å². The van der Waals surface area contributed by atoms with Gasteiger partial charge in [-0.3, -0.25) is 14.5 Å². The van der Waals surface area contributed by atoms with E-state index < -0.39 is 0 Å². The van der Waals surface area contributed by atoms with E-state index in [1.807, 2.05) is 80.7 Å². The van der Waals surface area contributed by atoms with Crippen molar-refractivity contribution in [3.63, 3.8) is 0 Å². The van der Waals surface area contributed by atoms with Gasteiger partial charge in [-0.05, 0) is 55.0 Å². The van der Waals surface area contributed by atoms with Crippen LogP contribution in [0.3, 0.4) is 0 Å². The smallest absolute Gasteiger partial charge is 0.278 e. The number of hydrogen-bond donors (Lipinski definition) is 1. The minimum absolute atomic E-state index is 0.255. The average molecular weight is 403 g/mol. The molecule has 1 aliphatic heterocycles. The lowest BCUT2D eigenvalue weighted by molar-refractivity contribution is -0.137. The molecule has 4 nitrogen and oxygen atoms in total. The summed E-state index contributed by atoms with van der Waals surface area (Å²) in [6.45, 7) is 6.26. The standard InChI is InChI=1S/C24H22N2O2S/c1-15-7-10-18(11-8-15)14-26-23(27)21(20-5-4-12-29-20)22(24(26)28)25-19-13-16(2)6-9-17(19)3/h4-13,25H,14H2,1-3H3. The molecule has 0 atom stereocenters. The first-order valence-electron chi connectivity index (χ1n) is 9.48. The summed E-state index contributed by atoms with van der Waals surface area (Å²) in [7, 11) is 0. The second-order valence-corrected chi connectivity index (χ2v) is 8.30. The van der Waals surface area contributed by atoms with Gasteiger partial charge >= 0.3 is 0 Å². The zero-order chi connectivity index (χ0) is 20.5. The molecule has 0 aliphatic carbocycles. The van der Waals surface area contributed by atoms with Crippen LogP contribution in [0.1, 0.15) is 27.1 Å². The Labute approximate surface area is 174 Å². The predicted molar refractivity (Wildman–Crippen MR) is 118 cm³/mol. The Morgan fingerprint density at radius 1 is 0.897 bits per heavy atom. The minimum Gasteiger partial charge on any atom is -0.350 e. The molecule has 0 saturated heterocycles. The molecule has 2 aromatic carbocycles. The summed E-state index contributed by atoms with van der Waals surface area (Å²) in [4.78, 5) is 28.7. The molecule has 4 rings (SSSR count). The van der Waals surface area contributed by atoms with Crippen molar-refractivity contribution in [2.75, 3.05) is 5.32 Å². The molecule has 0 bridgehead atoms. The molecule has 0 fully saturated rings. The second kappa shape index (κ2) is 7.68. The lowest BCUT2D eigenvalue weighted by Gasteiger charge is -2.16. The number of carbonyl (C=O) groups excluding carboxylic acids is 2. The van der Waals surface area contributed by atoms with E-state index in [-0.39, 0.29) is 18.4 Å². The largest absolute Gasteiger partial charge is 0.350 e. The molecule has 2 heterocycles. The van der Waals surface area contributed by atoms with Crippen LogP contribution in [-0.2, 0) is 16.1 Å². The molecule has 0 saturated carbocycles. The van der Waals surface area contributed by atoms with Crippen LogP contribution in [0.4, 0.5) is 5.69 Å². The van der Waals surface area contributed by atoms with Crippen LogP contribution >= 0.6 is 11.3 Å². The van der Waals surface area contributed by atoms with Crippen molar-refractivity contribution in [2.45, 2.75) is 27.3 Å². The number of nitrogens with zero attached hydrogens (tertiary/aromatic N) is 1. The van der Waals surface area contributed by atoms with Crippen molar-refractivity contribution >= 4 is 34.4 Å². The van der Waals surface area contributed by atoms with Gasteiger partial charge < -0.3 is 5.32 Å². The second-order valence-electron chi connectivity index (χ2n) is 7.35. The van der Waals surface area contributed by atoms with Gasteiger partial charge in [-0.15, -0.1) is 11.3 Å². The summed E-state index contributed by atoms with van der Waals surface area (Å²) in [5, 5.41) is 5.18. The van der Waals surface area contributed by atoms with Crippen molar-refractivity contribution in [3.8, 4) is 0 Å². The van der Waals surface area contributed by atoms with Gasteiger partial charge in [0.1, 0.15) is 5.70 Å². The van der Waals surface area contributed by atoms with E-state index in [0.717, 1.165) is 32.8 Å². The van der Waals surface area contributed by atoms with Gasteiger partial charge in [0.2, 0.25) is 0 Å². The summed E-state index contributed by atoms with van der Waals surface area (Å²) in [6, 6.07) is 17.7. The van der Waals surface area contributed by atoms with E-state index in [1.54, 1.807) is 0 Å². The van der Waals surface area contributed by atoms with Gasteiger partial charge in [-0.1, -0.05) is 48.0 Å². The number of nitrogens with one attached hydrogen (secondary N) is 1. The molecule has 5 heteroatoms. The zero-order valence-corrected chi connectivity index (χ0v) is 17.5. The Balaban J connectivity index is 1.72. The van der Waals surface area contributed by atoms with Crippen molar-refractivity contribution in [2.24, 2.45) is 0 Å². The Kier molecular flexibility index (Phi) is 5.07. The fourth-order valence-corrected chi connectivity index (χ4v) is 4.13. The SMILES string of the molecule is Cc1ccc(CN2C(=O)C(Nc3cc(C)ccc3C)=C(c3cccs3)C2=O)cc1. The predicted octanol–water partition coefficient (Wildman–Crippen LogP) is 5.07. The van der Waals surface area contributed by atoms with Gasteiger partial charge in [-0.25, -0.2) is 0 Å². The third kappa shape index (κ3) is 3.74. The molecular weight excluding hydrogens is 380 g/mol. The summed E-state index contributed by atoms with van der Waals surface area (Å²) >= 11 is 1.46. The highest BCUT2D eigenvalue weighted by atomic mass is 32.1. The van der Waals surface area contributed by atoms with Crippen LogP contribution in [0.2, 0.25) is 0 Å². The maximum Gasteiger partial charge on any atom is 0.278 e. The van der Waals surface area contributed by atoms with Crippen LogP contribution in [0.15, 0.2) is 65.7 Å². The monoisotopic (exact) mass is 402 g/mol. The van der Waals surface area contributed by atoms with E-state index in [2.05, 4.69) is 5.32 Å². The van der Waals surface area contributed by atoms with Gasteiger partial charge in [0.15, 0.2) is 0 Å². The molecule has 0 radical (unpaired) electrons. The number of benzene rings is 2. The van der Waals surface area contributed by atoms with Crippen LogP contribution in [-0.4, -0.2) is 16.7 Å². The third-order valence-electron chi connectivity index (χ3n) is 5.05. The quantitative estimate of drug-likeness (QED) is 0.607. The van der Waals surface area contributed by atoms with Crippen molar-refractivity contribution in [1.82, 2.24) is 4.90 Å². The Bertz CT molecular complexity index is 1110. The normalized spacial score (nSPS) is 14.1. The highest BCUT2D eigenvalue weighted by Crippen LogP contribution is 2.34. The Morgan fingerprint density at radius 2 is 1.62 bits per heavy atom. The first-order valence-corrected chi connectivity index (χ1v) is 10.4. The number of anilines is 1. The van der Waals surface area contributed by atoms with Crippen LogP contribution in [0.25, 0.3) is 5.57 Å². The fourth-order valence-electron chi connectivity index (χ4n) is 3.37. The molecule has 1 aromatic heterocycles. The summed E-state index contributed by atoms with van der Waals surface area (Å²) in [6.07, 6.45) is 0. The highest BCUT2D eigenvalue weighted by molar-refractivity contribution is 7.11. The molecule has 3 aromatic rings. The number of rotatable bonds is 5. The maximum atomic E-state index is 13.3. The lowest BCUT2D eigenvalue weighted by atomic mass is 10.1. The summed E-state index contributed by atoms with van der Waals surface area (Å²) < 4.78 is 0. The van der Waals surface area contributed by atoms with E-state index in [9.17, 15) is 9.59 Å². The number of aryl methyl sites for hydroxylation is 3. The summed E-state index contributed by atoms with van der Waals surface area (Å²) in [5.41, 5.74) is 5.80. The number of hydrogen-bond acceptors (Lipinski definition) is 4. The van der Waals surface area contributed by atoms with E-state index in [0.29, 0.717) is 11.3 Å². The highest BCUT2D eigenvalue weighted by Gasteiger charge is 2.39. The topological polar surface area (TPSA) is 49.4 Å². The number of imide groups is 1. The first kappa shape index (κ1) is 19.2. The number of amides is 2. The van der Waals surface area contributed by atoms with Crippen molar-refractivity contribution < 1.29 is 9.59 Å². The van der Waals surface area contributed by atoms with Crippen LogP contribution in [0.5, 0.6) is 0 Å². The fraction of sp³-hybridized carbons (Fsp3) is 0.167. The Hall–Kier alpha value is -3.18. The first-order chi connectivity index (χ1) is 13.9. The van der Waals surface area contributed by atoms with Crippen LogP contribution < -0.4 is 5.32 Å². The molecule has 0 spiro atoms. The Morgan fingerprint density at radius 3 is 2.31 bits per heavy atom. The lowest BCUT2D eigenvalue weighted by Crippen LogP contribution is -2.32. The zero-order valence-electron chi connectivity index (χ0n) is 16.7. The third-order valence-corrected chi connectivity index (χ3v) is 5.94. The molecule has 1 N–H and O–H groups in total. The van der Waals surface area contributed by atoms with Crippen LogP contribution in [0, 0.1) is 20.8 Å². The molecule has 0 unspecified atom stereocenters. The van der Waals surface area contributed by atoms with Gasteiger partial charge in [0, 0.05) is 10.6 Å². The molecular formula is C24H22N2O2S. The average Bonchev–Trinajstić information content (AvgIpc) is 3.29. The summed E-state index contributed by atoms with van der Waals surface area (Å²) in [5.74, 6) is -0.550. The van der Waals surface area contributed by atoms with Gasteiger partial charge in [0.05, 0.1) is 12.1 Å². The maximum absolute atomic E-state index is 13.3.